The van der Waals surface area contributed by atoms with E-state index in [1.165, 1.54) is 6.07 Å². The Hall–Kier alpha value is -0.640. The molecule has 102 valence electrons. The Morgan fingerprint density at radius 2 is 2.00 bits per heavy atom. The van der Waals surface area contributed by atoms with Gasteiger partial charge in [-0.1, -0.05) is 17.7 Å². The maximum absolute atomic E-state index is 13.5. The Morgan fingerprint density at radius 1 is 1.33 bits per heavy atom. The van der Waals surface area contributed by atoms with E-state index in [9.17, 15) is 4.39 Å². The standard InChI is InChI=1S/C14H22ClFN2/c1-10(8-18-14(2,3)4)17-9-11-12(15)6-5-7-13(11)16/h5-7,10,17-18H,8-9H2,1-4H3. The van der Waals surface area contributed by atoms with Gasteiger partial charge < -0.3 is 10.6 Å². The van der Waals surface area contributed by atoms with Crippen molar-refractivity contribution in [3.8, 4) is 0 Å². The Bertz CT molecular complexity index is 368. The van der Waals surface area contributed by atoms with Crippen molar-refractivity contribution >= 4 is 11.6 Å². The third-order valence-electron chi connectivity index (χ3n) is 2.63. The lowest BCUT2D eigenvalue weighted by atomic mass is 10.1. The van der Waals surface area contributed by atoms with Gasteiger partial charge in [-0.25, -0.2) is 4.39 Å². The van der Waals surface area contributed by atoms with Crippen LogP contribution in [0.1, 0.15) is 33.3 Å². The van der Waals surface area contributed by atoms with E-state index in [1.54, 1.807) is 12.1 Å². The maximum Gasteiger partial charge on any atom is 0.129 e. The van der Waals surface area contributed by atoms with Crippen LogP contribution in [-0.2, 0) is 6.54 Å². The summed E-state index contributed by atoms with van der Waals surface area (Å²) < 4.78 is 13.5. The molecule has 4 heteroatoms. The molecule has 0 heterocycles. The highest BCUT2D eigenvalue weighted by Crippen LogP contribution is 2.18. The lowest BCUT2D eigenvalue weighted by Gasteiger charge is -2.24. The van der Waals surface area contributed by atoms with Crippen LogP contribution in [0.4, 0.5) is 4.39 Å². The van der Waals surface area contributed by atoms with E-state index < -0.39 is 0 Å². The quantitative estimate of drug-likeness (QED) is 0.859. The van der Waals surface area contributed by atoms with Crippen molar-refractivity contribution in [1.29, 1.82) is 0 Å². The van der Waals surface area contributed by atoms with Crippen molar-refractivity contribution in [2.75, 3.05) is 6.54 Å². The molecule has 1 aromatic carbocycles. The Balaban J connectivity index is 2.45. The first-order valence-electron chi connectivity index (χ1n) is 6.21. The highest BCUT2D eigenvalue weighted by Gasteiger charge is 2.12. The Kier molecular flexibility index (Phi) is 5.57. The molecule has 0 saturated heterocycles. The molecule has 0 radical (unpaired) electrons. The summed E-state index contributed by atoms with van der Waals surface area (Å²) in [5, 5.41) is 7.13. The van der Waals surface area contributed by atoms with E-state index in [-0.39, 0.29) is 17.4 Å². The van der Waals surface area contributed by atoms with E-state index >= 15 is 0 Å². The molecule has 2 N–H and O–H groups in total. The Morgan fingerprint density at radius 3 is 2.56 bits per heavy atom. The van der Waals surface area contributed by atoms with Crippen LogP contribution >= 0.6 is 11.6 Å². The largest absolute Gasteiger partial charge is 0.311 e. The normalized spacial score (nSPS) is 13.7. The van der Waals surface area contributed by atoms with Crippen molar-refractivity contribution < 1.29 is 4.39 Å². The fraction of sp³-hybridized carbons (Fsp3) is 0.571. The molecule has 0 bridgehead atoms. The second kappa shape index (κ2) is 6.50. The molecule has 0 aromatic heterocycles. The van der Waals surface area contributed by atoms with Gasteiger partial charge in [0.15, 0.2) is 0 Å². The van der Waals surface area contributed by atoms with E-state index in [4.69, 9.17) is 11.6 Å². The fourth-order valence-electron chi connectivity index (χ4n) is 1.51. The zero-order valence-corrected chi connectivity index (χ0v) is 12.2. The summed E-state index contributed by atoms with van der Waals surface area (Å²) in [6, 6.07) is 5.01. The molecule has 1 unspecified atom stereocenters. The number of hydrogen-bond donors (Lipinski definition) is 2. The lowest BCUT2D eigenvalue weighted by Crippen LogP contribution is -2.44. The summed E-state index contributed by atoms with van der Waals surface area (Å²) in [6.45, 7) is 9.69. The monoisotopic (exact) mass is 272 g/mol. The molecule has 0 aliphatic rings. The van der Waals surface area contributed by atoms with Crippen LogP contribution in [-0.4, -0.2) is 18.1 Å². The SMILES string of the molecule is CC(CNC(C)(C)C)NCc1c(F)cccc1Cl. The number of nitrogens with one attached hydrogen (secondary N) is 2. The first-order chi connectivity index (χ1) is 8.29. The van der Waals surface area contributed by atoms with E-state index in [2.05, 4.69) is 38.3 Å². The minimum atomic E-state index is -0.258. The van der Waals surface area contributed by atoms with Gasteiger partial charge >= 0.3 is 0 Å². The van der Waals surface area contributed by atoms with Gasteiger partial charge in [0, 0.05) is 35.3 Å². The van der Waals surface area contributed by atoms with E-state index in [1.807, 2.05) is 0 Å². The third kappa shape index (κ3) is 5.34. The summed E-state index contributed by atoms with van der Waals surface area (Å²) in [5.41, 5.74) is 0.618. The van der Waals surface area contributed by atoms with Gasteiger partial charge in [0.2, 0.25) is 0 Å². The second-order valence-electron chi connectivity index (χ2n) is 5.61. The lowest BCUT2D eigenvalue weighted by molar-refractivity contribution is 0.386. The summed E-state index contributed by atoms with van der Waals surface area (Å²) in [4.78, 5) is 0. The van der Waals surface area contributed by atoms with Gasteiger partial charge in [-0.05, 0) is 39.8 Å². The number of hydrogen-bond acceptors (Lipinski definition) is 2. The fourth-order valence-corrected chi connectivity index (χ4v) is 1.74. The van der Waals surface area contributed by atoms with Crippen molar-refractivity contribution in [2.45, 2.75) is 45.8 Å². The highest BCUT2D eigenvalue weighted by molar-refractivity contribution is 6.31. The predicted octanol–water partition coefficient (Wildman–Crippen LogP) is 3.35. The summed E-state index contributed by atoms with van der Waals surface area (Å²) in [5.74, 6) is -0.258. The highest BCUT2D eigenvalue weighted by atomic mass is 35.5. The predicted molar refractivity (Wildman–Crippen MR) is 75.5 cm³/mol. The molecule has 0 spiro atoms. The van der Waals surface area contributed by atoms with Gasteiger partial charge in [0.25, 0.3) is 0 Å². The molecule has 0 aliphatic carbocycles. The molecule has 1 atom stereocenters. The van der Waals surface area contributed by atoms with Crippen molar-refractivity contribution in [3.63, 3.8) is 0 Å². The minimum absolute atomic E-state index is 0.0889. The van der Waals surface area contributed by atoms with Gasteiger partial charge in [-0.3, -0.25) is 0 Å². The smallest absolute Gasteiger partial charge is 0.129 e. The molecule has 1 aromatic rings. The molecule has 0 aliphatic heterocycles. The third-order valence-corrected chi connectivity index (χ3v) is 2.98. The van der Waals surface area contributed by atoms with Gasteiger partial charge in [0.05, 0.1) is 0 Å². The number of benzene rings is 1. The molecule has 1 rings (SSSR count). The average molecular weight is 273 g/mol. The number of halogens is 2. The maximum atomic E-state index is 13.5. The van der Waals surface area contributed by atoms with Gasteiger partial charge in [-0.2, -0.15) is 0 Å². The van der Waals surface area contributed by atoms with Crippen LogP contribution < -0.4 is 10.6 Å². The van der Waals surface area contributed by atoms with Gasteiger partial charge in [-0.15, -0.1) is 0 Å². The van der Waals surface area contributed by atoms with Crippen LogP contribution in [0, 0.1) is 5.82 Å². The molecule has 0 saturated carbocycles. The zero-order chi connectivity index (χ0) is 13.8. The number of rotatable bonds is 5. The molecule has 0 amide bonds. The Labute approximate surface area is 114 Å². The summed E-state index contributed by atoms with van der Waals surface area (Å²) in [7, 11) is 0. The summed E-state index contributed by atoms with van der Waals surface area (Å²) in [6.07, 6.45) is 0. The minimum Gasteiger partial charge on any atom is -0.311 e. The first-order valence-corrected chi connectivity index (χ1v) is 6.58. The van der Waals surface area contributed by atoms with Crippen LogP contribution in [0.15, 0.2) is 18.2 Å². The van der Waals surface area contributed by atoms with Gasteiger partial charge in [0.1, 0.15) is 5.82 Å². The van der Waals surface area contributed by atoms with Crippen LogP contribution in [0.2, 0.25) is 5.02 Å². The second-order valence-corrected chi connectivity index (χ2v) is 6.02. The zero-order valence-electron chi connectivity index (χ0n) is 11.5. The van der Waals surface area contributed by atoms with Crippen LogP contribution in [0.3, 0.4) is 0 Å². The van der Waals surface area contributed by atoms with Crippen LogP contribution in [0.25, 0.3) is 0 Å². The summed E-state index contributed by atoms with van der Waals surface area (Å²) >= 11 is 5.97. The van der Waals surface area contributed by atoms with Crippen LogP contribution in [0.5, 0.6) is 0 Å². The first kappa shape index (κ1) is 15.4. The van der Waals surface area contributed by atoms with E-state index in [0.717, 1.165) is 6.54 Å². The van der Waals surface area contributed by atoms with E-state index in [0.29, 0.717) is 17.1 Å². The molecular weight excluding hydrogens is 251 g/mol. The average Bonchev–Trinajstić information content (AvgIpc) is 2.25. The topological polar surface area (TPSA) is 24.1 Å². The van der Waals surface area contributed by atoms with Crippen molar-refractivity contribution in [1.82, 2.24) is 10.6 Å². The molecular formula is C14H22ClFN2. The van der Waals surface area contributed by atoms with Crippen molar-refractivity contribution in [2.24, 2.45) is 0 Å². The molecule has 0 fully saturated rings. The van der Waals surface area contributed by atoms with Crippen molar-refractivity contribution in [3.05, 3.63) is 34.6 Å². The molecule has 18 heavy (non-hydrogen) atoms. The molecule has 2 nitrogen and oxygen atoms in total.